The monoisotopic (exact) mass is 181 g/mol. The largest absolute Gasteiger partial charge is 0.418 e. The normalized spacial score (nSPS) is 12.5. The fraction of sp³-hybridized carbons (Fsp3) is 0.300. The zero-order chi connectivity index (χ0) is 9.68. The lowest BCUT2D eigenvalue weighted by Gasteiger charge is -2.05. The van der Waals surface area contributed by atoms with Crippen molar-refractivity contribution in [3.05, 3.63) is 35.4 Å². The molecule has 0 fully saturated rings. The minimum Gasteiger partial charge on any atom is -0.418 e. The molecule has 0 saturated carbocycles. The van der Waals surface area contributed by atoms with E-state index in [0.717, 1.165) is 11.8 Å². The highest BCUT2D eigenvalue weighted by atomic mass is 16.6. The van der Waals surface area contributed by atoms with Crippen LogP contribution in [-0.2, 0) is 4.74 Å². The fourth-order valence-electron chi connectivity index (χ4n) is 1.01. The van der Waals surface area contributed by atoms with Crippen LogP contribution in [0.3, 0.4) is 0 Å². The lowest BCUT2D eigenvalue weighted by atomic mass is 10.1. The van der Waals surface area contributed by atoms with Crippen molar-refractivity contribution >= 4 is 6.29 Å². The lowest BCUT2D eigenvalue weighted by Crippen LogP contribution is -2.02. The second-order valence-electron chi connectivity index (χ2n) is 2.62. The van der Waals surface area contributed by atoms with Crippen molar-refractivity contribution in [3.63, 3.8) is 0 Å². The molecular formula is C10H13O3+. The van der Waals surface area contributed by atoms with Crippen molar-refractivity contribution in [2.45, 2.75) is 13.2 Å². The molecule has 0 aliphatic carbocycles. The van der Waals surface area contributed by atoms with Gasteiger partial charge in [-0.3, -0.25) is 4.79 Å². The second-order valence-corrected chi connectivity index (χ2v) is 2.62. The summed E-state index contributed by atoms with van der Waals surface area (Å²) in [5.74, 6) is 0. The zero-order valence-corrected chi connectivity index (χ0v) is 7.49. The summed E-state index contributed by atoms with van der Waals surface area (Å²) in [5, 5.41) is 7.53. The second kappa shape index (κ2) is 4.74. The molecule has 0 radical (unpaired) electrons. The van der Waals surface area contributed by atoms with Crippen molar-refractivity contribution in [2.24, 2.45) is 0 Å². The van der Waals surface area contributed by atoms with Gasteiger partial charge in [-0.15, -0.1) is 0 Å². The van der Waals surface area contributed by atoms with E-state index in [4.69, 9.17) is 9.84 Å². The summed E-state index contributed by atoms with van der Waals surface area (Å²) in [5.41, 5.74) is 1.39. The van der Waals surface area contributed by atoms with Crippen LogP contribution in [0, 0.1) is 0 Å². The molecule has 1 rings (SSSR count). The van der Waals surface area contributed by atoms with E-state index in [1.54, 1.807) is 24.3 Å². The third-order valence-electron chi connectivity index (χ3n) is 1.71. The number of carbonyl (C=O) groups is 1. The van der Waals surface area contributed by atoms with E-state index in [9.17, 15) is 4.79 Å². The van der Waals surface area contributed by atoms with Gasteiger partial charge in [0.2, 0.25) is 0 Å². The van der Waals surface area contributed by atoms with Crippen LogP contribution in [0.5, 0.6) is 0 Å². The van der Waals surface area contributed by atoms with Crippen LogP contribution in [0.1, 0.15) is 29.1 Å². The van der Waals surface area contributed by atoms with Gasteiger partial charge in [0.1, 0.15) is 6.29 Å². The molecule has 3 heteroatoms. The average Bonchev–Trinajstić information content (AvgIpc) is 2.18. The Hall–Kier alpha value is -1.19. The van der Waals surface area contributed by atoms with E-state index in [-0.39, 0.29) is 0 Å². The van der Waals surface area contributed by atoms with Crippen LogP contribution < -0.4 is 0 Å². The molecule has 70 valence electrons. The highest BCUT2D eigenvalue weighted by Gasteiger charge is 2.10. The zero-order valence-electron chi connectivity index (χ0n) is 7.49. The van der Waals surface area contributed by atoms with Gasteiger partial charge in [0.25, 0.3) is 6.29 Å². The predicted octanol–water partition coefficient (Wildman–Crippen LogP) is 1.26. The molecule has 0 heterocycles. The van der Waals surface area contributed by atoms with Crippen LogP contribution >= 0.6 is 0 Å². The van der Waals surface area contributed by atoms with Crippen LogP contribution in [0.15, 0.2) is 24.3 Å². The first kappa shape index (κ1) is 9.89. The van der Waals surface area contributed by atoms with Gasteiger partial charge in [0.05, 0.1) is 12.2 Å². The van der Waals surface area contributed by atoms with Crippen LogP contribution in [0.2, 0.25) is 0 Å². The SMILES string of the molecule is CCOC([OH2+])c1ccc(C=O)cc1. The molecule has 0 aliphatic rings. The summed E-state index contributed by atoms with van der Waals surface area (Å²) in [7, 11) is 0. The van der Waals surface area contributed by atoms with E-state index in [0.29, 0.717) is 12.2 Å². The first-order chi connectivity index (χ1) is 6.27. The van der Waals surface area contributed by atoms with Gasteiger partial charge >= 0.3 is 0 Å². The maximum atomic E-state index is 10.3. The van der Waals surface area contributed by atoms with E-state index < -0.39 is 6.29 Å². The van der Waals surface area contributed by atoms with Gasteiger partial charge in [-0.1, -0.05) is 12.1 Å². The molecule has 1 unspecified atom stereocenters. The Bertz CT molecular complexity index is 266. The Balaban J connectivity index is 2.73. The smallest absolute Gasteiger partial charge is 0.291 e. The van der Waals surface area contributed by atoms with E-state index in [2.05, 4.69) is 0 Å². The summed E-state index contributed by atoms with van der Waals surface area (Å²) < 4.78 is 5.08. The number of carbonyl (C=O) groups excluding carboxylic acids is 1. The molecule has 0 amide bonds. The van der Waals surface area contributed by atoms with Gasteiger partial charge in [0.15, 0.2) is 0 Å². The maximum absolute atomic E-state index is 10.3. The number of aldehydes is 1. The predicted molar refractivity (Wildman–Crippen MR) is 49.8 cm³/mol. The first-order valence-corrected chi connectivity index (χ1v) is 4.15. The van der Waals surface area contributed by atoms with E-state index >= 15 is 0 Å². The Morgan fingerprint density at radius 1 is 1.46 bits per heavy atom. The summed E-state index contributed by atoms with van der Waals surface area (Å²) >= 11 is 0. The quantitative estimate of drug-likeness (QED) is 0.399. The lowest BCUT2D eigenvalue weighted by molar-refractivity contribution is -0.0979. The number of hydrogen-bond acceptors (Lipinski definition) is 2. The minimum atomic E-state index is -0.647. The maximum Gasteiger partial charge on any atom is 0.291 e. The molecule has 3 nitrogen and oxygen atoms in total. The standard InChI is InChI=1S/C10H12O3/c1-2-13-10(12)9-5-3-8(7-11)4-6-9/h3-7,10,12H,2H2,1H3/p+1. The van der Waals surface area contributed by atoms with Gasteiger partial charge < -0.3 is 9.84 Å². The third kappa shape index (κ3) is 2.65. The fourth-order valence-corrected chi connectivity index (χ4v) is 1.01. The summed E-state index contributed by atoms with van der Waals surface area (Å²) in [6, 6.07) is 6.83. The summed E-state index contributed by atoms with van der Waals surface area (Å²) in [4.78, 5) is 10.3. The van der Waals surface area contributed by atoms with Gasteiger partial charge in [-0.25, -0.2) is 0 Å². The van der Waals surface area contributed by atoms with E-state index in [1.165, 1.54) is 0 Å². The number of ether oxygens (including phenoxy) is 1. The van der Waals surface area contributed by atoms with Crippen LogP contribution in [0.25, 0.3) is 0 Å². The Morgan fingerprint density at radius 2 is 2.08 bits per heavy atom. The average molecular weight is 181 g/mol. The molecular weight excluding hydrogens is 168 g/mol. The Morgan fingerprint density at radius 3 is 2.54 bits per heavy atom. The number of hydrogen-bond donors (Lipinski definition) is 0. The van der Waals surface area contributed by atoms with Crippen molar-refractivity contribution in [3.8, 4) is 0 Å². The Labute approximate surface area is 77.0 Å². The molecule has 0 aromatic heterocycles. The molecule has 13 heavy (non-hydrogen) atoms. The molecule has 1 atom stereocenters. The summed E-state index contributed by atoms with van der Waals surface area (Å²) in [6.45, 7) is 2.37. The summed E-state index contributed by atoms with van der Waals surface area (Å²) in [6.07, 6.45) is 0.134. The number of benzene rings is 1. The number of rotatable bonds is 4. The van der Waals surface area contributed by atoms with Gasteiger partial charge in [-0.05, 0) is 19.1 Å². The first-order valence-electron chi connectivity index (χ1n) is 4.15. The van der Waals surface area contributed by atoms with Crippen molar-refractivity contribution < 1.29 is 14.6 Å². The van der Waals surface area contributed by atoms with Crippen molar-refractivity contribution in [1.82, 2.24) is 0 Å². The van der Waals surface area contributed by atoms with Crippen molar-refractivity contribution in [2.75, 3.05) is 6.61 Å². The molecule has 1 aromatic rings. The molecule has 0 bridgehead atoms. The molecule has 1 aromatic carbocycles. The van der Waals surface area contributed by atoms with E-state index in [1.807, 2.05) is 6.92 Å². The highest BCUT2D eigenvalue weighted by Crippen LogP contribution is 2.13. The topological polar surface area (TPSA) is 49.2 Å². The molecule has 0 aliphatic heterocycles. The van der Waals surface area contributed by atoms with Crippen LogP contribution in [0.4, 0.5) is 0 Å². The Kier molecular flexibility index (Phi) is 3.61. The van der Waals surface area contributed by atoms with Crippen molar-refractivity contribution in [1.29, 1.82) is 0 Å². The minimum absolute atomic E-state index is 0.517. The molecule has 0 spiro atoms. The van der Waals surface area contributed by atoms with Gasteiger partial charge in [-0.2, -0.15) is 0 Å². The van der Waals surface area contributed by atoms with Crippen LogP contribution in [-0.4, -0.2) is 18.0 Å². The molecule has 2 N–H and O–H groups in total. The third-order valence-corrected chi connectivity index (χ3v) is 1.71. The highest BCUT2D eigenvalue weighted by molar-refractivity contribution is 5.74. The molecule has 0 saturated heterocycles. The van der Waals surface area contributed by atoms with Gasteiger partial charge in [0, 0.05) is 5.56 Å².